The molecular formula is C6H14N2O4S2. The van der Waals surface area contributed by atoms with Crippen molar-refractivity contribution < 1.29 is 16.8 Å². The average Bonchev–Trinajstić information content (AvgIpc) is 2.00. The van der Waals surface area contributed by atoms with Gasteiger partial charge in [-0.3, -0.25) is 0 Å². The molecule has 1 atom stereocenters. The highest BCUT2D eigenvalue weighted by molar-refractivity contribution is 7.92. The Bertz CT molecular complexity index is 386. The van der Waals surface area contributed by atoms with Gasteiger partial charge in [0.25, 0.3) is 0 Å². The molecule has 8 heteroatoms. The second-order valence-corrected chi connectivity index (χ2v) is 7.55. The van der Waals surface area contributed by atoms with Gasteiger partial charge in [0.2, 0.25) is 10.0 Å². The zero-order valence-corrected chi connectivity index (χ0v) is 9.49. The van der Waals surface area contributed by atoms with Crippen molar-refractivity contribution >= 4 is 19.9 Å². The zero-order valence-electron chi connectivity index (χ0n) is 7.86. The topological polar surface area (TPSA) is 92.3 Å². The van der Waals surface area contributed by atoms with Crippen LogP contribution in [0.2, 0.25) is 0 Å². The van der Waals surface area contributed by atoms with Gasteiger partial charge in [-0.15, -0.1) is 0 Å². The summed E-state index contributed by atoms with van der Waals surface area (Å²) >= 11 is 0. The molecule has 1 rings (SSSR count). The van der Waals surface area contributed by atoms with E-state index < -0.39 is 25.1 Å². The molecular weight excluding hydrogens is 228 g/mol. The minimum absolute atomic E-state index is 0.0475. The lowest BCUT2D eigenvalue weighted by Crippen LogP contribution is -2.49. The molecule has 1 heterocycles. The third kappa shape index (κ3) is 3.52. The summed E-state index contributed by atoms with van der Waals surface area (Å²) in [5, 5.41) is 2.27. The molecule has 0 aromatic heterocycles. The van der Waals surface area contributed by atoms with Crippen LogP contribution in [0.1, 0.15) is 0 Å². The third-order valence-electron chi connectivity index (χ3n) is 2.02. The fourth-order valence-corrected chi connectivity index (χ4v) is 3.30. The summed E-state index contributed by atoms with van der Waals surface area (Å²) in [4.78, 5) is 0. The summed E-state index contributed by atoms with van der Waals surface area (Å²) in [6.07, 6.45) is 1.01. The van der Waals surface area contributed by atoms with Crippen LogP contribution in [0.5, 0.6) is 0 Å². The molecule has 6 nitrogen and oxygen atoms in total. The quantitative estimate of drug-likeness (QED) is 0.593. The zero-order chi connectivity index (χ0) is 10.8. The van der Waals surface area contributed by atoms with Crippen LogP contribution in [0, 0.1) is 0 Å². The molecule has 2 N–H and O–H groups in total. The molecule has 0 aromatic rings. The van der Waals surface area contributed by atoms with E-state index in [-0.39, 0.29) is 12.3 Å². The van der Waals surface area contributed by atoms with Gasteiger partial charge in [0.1, 0.15) is 0 Å². The van der Waals surface area contributed by atoms with Gasteiger partial charge in [-0.2, -0.15) is 0 Å². The Labute approximate surface area is 84.0 Å². The molecule has 0 saturated carbocycles. The van der Waals surface area contributed by atoms with Gasteiger partial charge in [0.15, 0.2) is 9.84 Å². The Balaban J connectivity index is 2.60. The number of hydrogen-bond donors (Lipinski definition) is 2. The van der Waals surface area contributed by atoms with E-state index in [1.165, 1.54) is 0 Å². The Morgan fingerprint density at radius 3 is 2.64 bits per heavy atom. The average molecular weight is 242 g/mol. The number of sulfonamides is 1. The maximum atomic E-state index is 11.4. The molecule has 84 valence electrons. The van der Waals surface area contributed by atoms with Gasteiger partial charge < -0.3 is 5.32 Å². The summed E-state index contributed by atoms with van der Waals surface area (Å²) in [5.74, 6) is 0.0725. The summed E-state index contributed by atoms with van der Waals surface area (Å²) in [6, 6.07) is 0. The van der Waals surface area contributed by atoms with Crippen LogP contribution in [0.3, 0.4) is 0 Å². The third-order valence-corrected chi connectivity index (χ3v) is 4.83. The fraction of sp³-hybridized carbons (Fsp3) is 1.00. The van der Waals surface area contributed by atoms with Gasteiger partial charge in [-0.1, -0.05) is 0 Å². The van der Waals surface area contributed by atoms with E-state index in [9.17, 15) is 16.8 Å². The van der Waals surface area contributed by atoms with E-state index >= 15 is 0 Å². The number of rotatable bonds is 3. The first-order chi connectivity index (χ1) is 6.31. The van der Waals surface area contributed by atoms with Gasteiger partial charge in [0.05, 0.1) is 17.3 Å². The Kier molecular flexibility index (Phi) is 3.51. The Morgan fingerprint density at radius 2 is 2.14 bits per heavy atom. The van der Waals surface area contributed by atoms with Gasteiger partial charge in [-0.05, 0) is 0 Å². The predicted molar refractivity (Wildman–Crippen MR) is 53.3 cm³/mol. The van der Waals surface area contributed by atoms with Crippen molar-refractivity contribution in [2.75, 3.05) is 31.6 Å². The molecule has 1 aliphatic heterocycles. The molecule has 1 fully saturated rings. The first kappa shape index (κ1) is 11.9. The van der Waals surface area contributed by atoms with Crippen molar-refractivity contribution in [3.8, 4) is 0 Å². The van der Waals surface area contributed by atoms with E-state index in [4.69, 9.17) is 0 Å². The molecule has 1 unspecified atom stereocenters. The van der Waals surface area contributed by atoms with Crippen LogP contribution in [0.4, 0.5) is 0 Å². The number of hydrogen-bond acceptors (Lipinski definition) is 5. The number of nitrogens with one attached hydrogen (secondary N) is 2. The molecule has 1 saturated heterocycles. The normalized spacial score (nSPS) is 27.4. The summed E-state index contributed by atoms with van der Waals surface area (Å²) in [6.45, 7) is 0.705. The molecule has 0 bridgehead atoms. The lowest BCUT2D eigenvalue weighted by atomic mass is 10.4. The van der Waals surface area contributed by atoms with Crippen LogP contribution >= 0.6 is 0 Å². The summed E-state index contributed by atoms with van der Waals surface area (Å²) in [7, 11) is -6.45. The summed E-state index contributed by atoms with van der Waals surface area (Å²) in [5.41, 5.74) is 0. The van der Waals surface area contributed by atoms with Crippen molar-refractivity contribution in [3.05, 3.63) is 0 Å². The van der Waals surface area contributed by atoms with Gasteiger partial charge >= 0.3 is 0 Å². The molecule has 14 heavy (non-hydrogen) atoms. The van der Waals surface area contributed by atoms with E-state index in [0.717, 1.165) is 6.26 Å². The molecule has 0 radical (unpaired) electrons. The van der Waals surface area contributed by atoms with Crippen LogP contribution in [-0.2, 0) is 19.9 Å². The maximum Gasteiger partial charge on any atom is 0.208 e. The van der Waals surface area contributed by atoms with E-state index in [1.54, 1.807) is 0 Å². The minimum atomic E-state index is -3.32. The highest BCUT2D eigenvalue weighted by Crippen LogP contribution is 2.05. The first-order valence-electron chi connectivity index (χ1n) is 4.18. The van der Waals surface area contributed by atoms with Crippen molar-refractivity contribution in [1.29, 1.82) is 0 Å². The SMILES string of the molecule is CS(=O)(=O)NCC1CNCCS1(=O)=O. The summed E-state index contributed by atoms with van der Waals surface area (Å²) < 4.78 is 46.6. The molecule has 0 amide bonds. The van der Waals surface area contributed by atoms with Gasteiger partial charge in [0, 0.05) is 19.6 Å². The highest BCUT2D eigenvalue weighted by atomic mass is 32.2. The largest absolute Gasteiger partial charge is 0.314 e. The number of sulfone groups is 1. The molecule has 0 spiro atoms. The second-order valence-electron chi connectivity index (χ2n) is 3.31. The van der Waals surface area contributed by atoms with Crippen LogP contribution < -0.4 is 10.0 Å². The maximum absolute atomic E-state index is 11.4. The van der Waals surface area contributed by atoms with Crippen molar-refractivity contribution in [3.63, 3.8) is 0 Å². The smallest absolute Gasteiger partial charge is 0.208 e. The Hall–Kier alpha value is -0.180. The van der Waals surface area contributed by atoms with Crippen molar-refractivity contribution in [1.82, 2.24) is 10.0 Å². The van der Waals surface area contributed by atoms with Crippen LogP contribution in [0.15, 0.2) is 0 Å². The van der Waals surface area contributed by atoms with Crippen LogP contribution in [-0.4, -0.2) is 53.7 Å². The molecule has 0 aromatic carbocycles. The predicted octanol–water partition coefficient (Wildman–Crippen LogP) is -2.08. The van der Waals surface area contributed by atoms with E-state index in [0.29, 0.717) is 13.1 Å². The lowest BCUT2D eigenvalue weighted by molar-refractivity contribution is 0.538. The van der Waals surface area contributed by atoms with Crippen LogP contribution in [0.25, 0.3) is 0 Å². The standard InChI is InChI=1S/C6H14N2O4S2/c1-13(9,10)8-5-6-4-7-2-3-14(6,11)12/h6-8H,2-5H2,1H3. The lowest BCUT2D eigenvalue weighted by Gasteiger charge is -2.22. The molecule has 1 aliphatic rings. The van der Waals surface area contributed by atoms with E-state index in [1.807, 2.05) is 0 Å². The minimum Gasteiger partial charge on any atom is -0.314 e. The van der Waals surface area contributed by atoms with Crippen molar-refractivity contribution in [2.24, 2.45) is 0 Å². The monoisotopic (exact) mass is 242 g/mol. The Morgan fingerprint density at radius 1 is 1.50 bits per heavy atom. The second kappa shape index (κ2) is 4.13. The van der Waals surface area contributed by atoms with E-state index in [2.05, 4.69) is 10.0 Å². The first-order valence-corrected chi connectivity index (χ1v) is 7.79. The van der Waals surface area contributed by atoms with Gasteiger partial charge in [-0.25, -0.2) is 21.6 Å². The molecule has 0 aliphatic carbocycles. The highest BCUT2D eigenvalue weighted by Gasteiger charge is 2.28. The fourth-order valence-electron chi connectivity index (χ4n) is 1.21. The van der Waals surface area contributed by atoms with Crippen molar-refractivity contribution in [2.45, 2.75) is 5.25 Å².